The highest BCUT2D eigenvalue weighted by Crippen LogP contribution is 2.44. The lowest BCUT2D eigenvalue weighted by molar-refractivity contribution is -0.142. The molecule has 1 N–H and O–H groups in total. The molecule has 0 bridgehead atoms. The molecule has 0 aliphatic carbocycles. The first-order chi connectivity index (χ1) is 13.5. The second-order valence-electron chi connectivity index (χ2n) is 6.65. The molecule has 0 amide bonds. The summed E-state index contributed by atoms with van der Waals surface area (Å²) >= 11 is 3.53. The molecule has 2 unspecified atom stereocenters. The summed E-state index contributed by atoms with van der Waals surface area (Å²) in [6, 6.07) is 10.9. The van der Waals surface area contributed by atoms with E-state index in [1.807, 2.05) is 41.3 Å². The number of rotatable bonds is 7. The molecule has 6 nitrogen and oxygen atoms in total. The van der Waals surface area contributed by atoms with E-state index in [9.17, 15) is 9.90 Å². The number of nitrogens with zero attached hydrogens (tertiary/aromatic N) is 1. The molecule has 0 spiro atoms. The minimum atomic E-state index is -0.801. The number of benzene rings is 2. The fourth-order valence-corrected chi connectivity index (χ4v) is 4.29. The molecule has 1 heterocycles. The first-order valence-corrected chi connectivity index (χ1v) is 9.83. The van der Waals surface area contributed by atoms with Crippen molar-refractivity contribution in [2.24, 2.45) is 0 Å². The van der Waals surface area contributed by atoms with Crippen LogP contribution in [0, 0.1) is 0 Å². The van der Waals surface area contributed by atoms with E-state index >= 15 is 0 Å². The van der Waals surface area contributed by atoms with Gasteiger partial charge in [0.25, 0.3) is 0 Å². The standard InChI is InChI=1S/C21H24BrNO5/c1-26-17-11-14(12-18(27-2)20(17)28-3)19(13-6-4-7-15(22)10-13)23-9-5-8-16(23)21(24)25/h4,6-7,10-12,16,19H,5,8-9H2,1-3H3,(H,24,25). The van der Waals surface area contributed by atoms with Crippen LogP contribution in [0.4, 0.5) is 0 Å². The van der Waals surface area contributed by atoms with Gasteiger partial charge in [-0.15, -0.1) is 0 Å². The van der Waals surface area contributed by atoms with Gasteiger partial charge in [-0.3, -0.25) is 9.69 Å². The fourth-order valence-electron chi connectivity index (χ4n) is 3.87. The maximum Gasteiger partial charge on any atom is 0.320 e. The summed E-state index contributed by atoms with van der Waals surface area (Å²) in [7, 11) is 4.71. The van der Waals surface area contributed by atoms with Crippen LogP contribution >= 0.6 is 15.9 Å². The molecule has 2 aromatic rings. The van der Waals surface area contributed by atoms with Gasteiger partial charge in [-0.2, -0.15) is 0 Å². The second kappa shape index (κ2) is 8.84. The Bertz CT molecular complexity index is 831. The molecule has 1 aliphatic rings. The molecule has 7 heteroatoms. The molecule has 1 aliphatic heterocycles. The lowest BCUT2D eigenvalue weighted by Crippen LogP contribution is -2.39. The van der Waals surface area contributed by atoms with Crippen LogP contribution in [-0.2, 0) is 4.79 Å². The third-order valence-electron chi connectivity index (χ3n) is 5.08. The highest BCUT2D eigenvalue weighted by Gasteiger charge is 2.37. The van der Waals surface area contributed by atoms with Gasteiger partial charge in [0.15, 0.2) is 11.5 Å². The summed E-state index contributed by atoms with van der Waals surface area (Å²) in [4.78, 5) is 13.9. The number of halogens is 1. The Hall–Kier alpha value is -2.25. The van der Waals surface area contributed by atoms with E-state index in [-0.39, 0.29) is 6.04 Å². The van der Waals surface area contributed by atoms with Crippen LogP contribution < -0.4 is 14.2 Å². The SMILES string of the molecule is COc1cc(C(c2cccc(Br)c2)N2CCCC2C(=O)O)cc(OC)c1OC. The molecule has 1 fully saturated rings. The molecule has 0 aromatic heterocycles. The van der Waals surface area contributed by atoms with E-state index in [0.29, 0.717) is 30.2 Å². The summed E-state index contributed by atoms with van der Waals surface area (Å²) in [6.45, 7) is 0.699. The van der Waals surface area contributed by atoms with Crippen LogP contribution in [0.1, 0.15) is 30.0 Å². The van der Waals surface area contributed by atoms with Gasteiger partial charge in [0.05, 0.1) is 27.4 Å². The smallest absolute Gasteiger partial charge is 0.320 e. The Kier molecular flexibility index (Phi) is 6.46. The van der Waals surface area contributed by atoms with Crippen molar-refractivity contribution in [3.8, 4) is 17.2 Å². The number of methoxy groups -OCH3 is 3. The van der Waals surface area contributed by atoms with Gasteiger partial charge in [0.2, 0.25) is 5.75 Å². The number of likely N-dealkylation sites (tertiary alicyclic amines) is 1. The lowest BCUT2D eigenvalue weighted by atomic mass is 9.95. The molecule has 0 radical (unpaired) electrons. The zero-order chi connectivity index (χ0) is 20.3. The zero-order valence-corrected chi connectivity index (χ0v) is 17.7. The molecule has 1 saturated heterocycles. The Morgan fingerprint density at radius 2 is 1.79 bits per heavy atom. The van der Waals surface area contributed by atoms with Crippen LogP contribution in [0.5, 0.6) is 17.2 Å². The molecule has 3 rings (SSSR count). The quantitative estimate of drug-likeness (QED) is 0.685. The highest BCUT2D eigenvalue weighted by molar-refractivity contribution is 9.10. The van der Waals surface area contributed by atoms with Crippen LogP contribution in [0.2, 0.25) is 0 Å². The predicted molar refractivity (Wildman–Crippen MR) is 109 cm³/mol. The van der Waals surface area contributed by atoms with Crippen molar-refractivity contribution in [3.63, 3.8) is 0 Å². The van der Waals surface area contributed by atoms with Crippen LogP contribution in [0.25, 0.3) is 0 Å². The molecule has 150 valence electrons. The van der Waals surface area contributed by atoms with E-state index in [1.54, 1.807) is 21.3 Å². The Morgan fingerprint density at radius 1 is 1.11 bits per heavy atom. The van der Waals surface area contributed by atoms with Crippen molar-refractivity contribution in [1.29, 1.82) is 0 Å². The van der Waals surface area contributed by atoms with Crippen molar-refractivity contribution in [2.45, 2.75) is 24.9 Å². The maximum absolute atomic E-state index is 11.9. The highest BCUT2D eigenvalue weighted by atomic mass is 79.9. The van der Waals surface area contributed by atoms with Gasteiger partial charge in [0, 0.05) is 11.0 Å². The first kappa shape index (κ1) is 20.5. The monoisotopic (exact) mass is 449 g/mol. The van der Waals surface area contributed by atoms with Crippen LogP contribution in [0.3, 0.4) is 0 Å². The van der Waals surface area contributed by atoms with Gasteiger partial charge >= 0.3 is 5.97 Å². The minimum Gasteiger partial charge on any atom is -0.493 e. The minimum absolute atomic E-state index is 0.255. The molecular weight excluding hydrogens is 426 g/mol. The van der Waals surface area contributed by atoms with E-state index in [0.717, 1.165) is 22.0 Å². The van der Waals surface area contributed by atoms with Crippen LogP contribution in [0.15, 0.2) is 40.9 Å². The number of hydrogen-bond acceptors (Lipinski definition) is 5. The lowest BCUT2D eigenvalue weighted by Gasteiger charge is -2.32. The van der Waals surface area contributed by atoms with E-state index in [4.69, 9.17) is 14.2 Å². The Labute approximate surface area is 173 Å². The number of carbonyl (C=O) groups is 1. The Balaban J connectivity index is 2.18. The van der Waals surface area contributed by atoms with Gasteiger partial charge in [-0.25, -0.2) is 0 Å². The predicted octanol–water partition coefficient (Wildman–Crippen LogP) is 4.11. The van der Waals surface area contributed by atoms with Crippen molar-refractivity contribution in [1.82, 2.24) is 4.90 Å². The third kappa shape index (κ3) is 3.95. The summed E-state index contributed by atoms with van der Waals surface area (Å²) in [5, 5.41) is 9.74. The number of hydrogen-bond donors (Lipinski definition) is 1. The number of carboxylic acids is 1. The van der Waals surface area contributed by atoms with E-state index in [2.05, 4.69) is 15.9 Å². The Morgan fingerprint density at radius 3 is 2.32 bits per heavy atom. The topological polar surface area (TPSA) is 68.2 Å². The van der Waals surface area contributed by atoms with Gasteiger partial charge in [-0.05, 0) is 48.2 Å². The largest absolute Gasteiger partial charge is 0.493 e. The zero-order valence-electron chi connectivity index (χ0n) is 16.1. The summed E-state index contributed by atoms with van der Waals surface area (Å²) in [6.07, 6.45) is 1.47. The van der Waals surface area contributed by atoms with Gasteiger partial charge < -0.3 is 19.3 Å². The van der Waals surface area contributed by atoms with E-state index < -0.39 is 12.0 Å². The second-order valence-corrected chi connectivity index (χ2v) is 7.57. The van der Waals surface area contributed by atoms with Crippen molar-refractivity contribution in [3.05, 3.63) is 52.0 Å². The van der Waals surface area contributed by atoms with Gasteiger partial charge in [-0.1, -0.05) is 28.1 Å². The first-order valence-electron chi connectivity index (χ1n) is 9.04. The van der Waals surface area contributed by atoms with Crippen molar-refractivity contribution in [2.75, 3.05) is 27.9 Å². The van der Waals surface area contributed by atoms with E-state index in [1.165, 1.54) is 0 Å². The normalized spacial score (nSPS) is 17.9. The van der Waals surface area contributed by atoms with Gasteiger partial charge in [0.1, 0.15) is 6.04 Å². The number of aliphatic carboxylic acids is 1. The van der Waals surface area contributed by atoms with Crippen molar-refractivity contribution < 1.29 is 24.1 Å². The summed E-state index contributed by atoms with van der Waals surface area (Å²) in [5.74, 6) is 0.800. The molecule has 28 heavy (non-hydrogen) atoms. The maximum atomic E-state index is 11.9. The number of ether oxygens (including phenoxy) is 3. The van der Waals surface area contributed by atoms with Crippen molar-refractivity contribution >= 4 is 21.9 Å². The average molecular weight is 450 g/mol. The third-order valence-corrected chi connectivity index (χ3v) is 5.57. The molecular formula is C21H24BrNO5. The van der Waals surface area contributed by atoms with Crippen LogP contribution in [-0.4, -0.2) is 49.9 Å². The summed E-state index contributed by atoms with van der Waals surface area (Å²) in [5.41, 5.74) is 1.89. The fraction of sp³-hybridized carbons (Fsp3) is 0.381. The molecule has 2 atom stereocenters. The average Bonchev–Trinajstić information content (AvgIpc) is 3.17. The molecule has 0 saturated carbocycles. The molecule has 2 aromatic carbocycles. The number of carboxylic acid groups (broad SMARTS) is 1. The summed E-state index contributed by atoms with van der Waals surface area (Å²) < 4.78 is 17.4.